The number of carboxylic acid groups (broad SMARTS) is 1. The van der Waals surface area contributed by atoms with Crippen molar-refractivity contribution in [3.8, 4) is 5.69 Å². The molecule has 3 N–H and O–H groups in total. The molecule has 0 bridgehead atoms. The molecule has 3 aromatic rings. The molecule has 0 aliphatic rings. The second-order valence-corrected chi connectivity index (χ2v) is 7.03. The molecule has 1 amide bonds. The zero-order valence-electron chi connectivity index (χ0n) is 15.9. The molecule has 0 fully saturated rings. The van der Waals surface area contributed by atoms with Crippen molar-refractivity contribution in [2.75, 3.05) is 0 Å². The molecule has 32 heavy (non-hydrogen) atoms. The Morgan fingerprint density at radius 2 is 1.81 bits per heavy atom. The van der Waals surface area contributed by atoms with Gasteiger partial charge in [0, 0.05) is 6.07 Å². The van der Waals surface area contributed by atoms with Crippen LogP contribution in [0.25, 0.3) is 5.69 Å². The maximum absolute atomic E-state index is 13.2. The standard InChI is InChI=1S/C20H14ClF4N3O4/c21-18-12(2-1-3-13(18)20(23,24)25)14(9-17(30)31)26-19(32)15-8-16(29)28(27-15)11-6-4-10(22)5-7-11/h1-8,14,27H,9H2,(H,26,32)(H,30,31). The van der Waals surface area contributed by atoms with Crippen molar-refractivity contribution in [3.63, 3.8) is 0 Å². The average Bonchev–Trinajstić information content (AvgIpc) is 3.09. The molecule has 0 aliphatic carbocycles. The molecular weight excluding hydrogens is 458 g/mol. The lowest BCUT2D eigenvalue weighted by Gasteiger charge is -2.20. The molecule has 0 saturated carbocycles. The molecule has 0 spiro atoms. The number of nitrogens with zero attached hydrogens (tertiary/aromatic N) is 1. The molecular formula is C20H14ClF4N3O4. The molecule has 1 heterocycles. The van der Waals surface area contributed by atoms with Crippen molar-refractivity contribution in [1.82, 2.24) is 15.1 Å². The number of alkyl halides is 3. The lowest BCUT2D eigenvalue weighted by Crippen LogP contribution is -2.31. The smallest absolute Gasteiger partial charge is 0.417 e. The number of carbonyl (C=O) groups excluding carboxylic acids is 1. The van der Waals surface area contributed by atoms with E-state index in [1.54, 1.807) is 0 Å². The first-order valence-electron chi connectivity index (χ1n) is 8.93. The summed E-state index contributed by atoms with van der Waals surface area (Å²) in [5, 5.41) is 13.2. The van der Waals surface area contributed by atoms with Gasteiger partial charge in [-0.05, 0) is 35.9 Å². The third-order valence-corrected chi connectivity index (χ3v) is 4.87. The summed E-state index contributed by atoms with van der Waals surface area (Å²) in [6.45, 7) is 0. The molecule has 0 saturated heterocycles. The predicted octanol–water partition coefficient (Wildman–Crippen LogP) is 3.92. The molecule has 2 aromatic carbocycles. The lowest BCUT2D eigenvalue weighted by molar-refractivity contribution is -0.138. The van der Waals surface area contributed by atoms with Crippen LogP contribution in [-0.2, 0) is 11.0 Å². The SMILES string of the molecule is O=C(O)CC(NC(=O)c1cc(=O)n(-c2ccc(F)cc2)[nH]1)c1cccc(C(F)(F)F)c1Cl. The van der Waals surface area contributed by atoms with E-state index in [4.69, 9.17) is 16.7 Å². The third kappa shape index (κ3) is 4.99. The molecule has 1 atom stereocenters. The van der Waals surface area contributed by atoms with Crippen LogP contribution in [0.4, 0.5) is 17.6 Å². The number of halogens is 5. The molecule has 1 aromatic heterocycles. The zero-order valence-corrected chi connectivity index (χ0v) is 16.7. The van der Waals surface area contributed by atoms with Crippen molar-refractivity contribution >= 4 is 23.5 Å². The number of benzene rings is 2. The molecule has 0 aliphatic heterocycles. The van der Waals surface area contributed by atoms with Crippen LogP contribution in [0, 0.1) is 5.82 Å². The van der Waals surface area contributed by atoms with E-state index in [2.05, 4.69) is 10.4 Å². The average molecular weight is 472 g/mol. The Balaban J connectivity index is 1.93. The van der Waals surface area contributed by atoms with Gasteiger partial charge in [-0.2, -0.15) is 13.2 Å². The number of H-pyrrole nitrogens is 1. The quantitative estimate of drug-likeness (QED) is 0.474. The number of aromatic nitrogens is 2. The summed E-state index contributed by atoms with van der Waals surface area (Å²) in [4.78, 5) is 36.1. The molecule has 1 unspecified atom stereocenters. The van der Waals surface area contributed by atoms with Crippen molar-refractivity contribution in [2.45, 2.75) is 18.6 Å². The highest BCUT2D eigenvalue weighted by Crippen LogP contribution is 2.38. The van der Waals surface area contributed by atoms with Gasteiger partial charge in [0.25, 0.3) is 11.5 Å². The highest BCUT2D eigenvalue weighted by Gasteiger charge is 2.35. The summed E-state index contributed by atoms with van der Waals surface area (Å²) in [5.41, 5.74) is -2.18. The minimum absolute atomic E-state index is 0.221. The second kappa shape index (κ2) is 8.87. The van der Waals surface area contributed by atoms with E-state index in [1.807, 2.05) is 0 Å². The maximum Gasteiger partial charge on any atom is 0.417 e. The monoisotopic (exact) mass is 471 g/mol. The van der Waals surface area contributed by atoms with Gasteiger partial charge in [-0.3, -0.25) is 19.5 Å². The van der Waals surface area contributed by atoms with E-state index in [0.717, 1.165) is 41.1 Å². The number of carboxylic acids is 1. The van der Waals surface area contributed by atoms with Crippen molar-refractivity contribution < 1.29 is 32.3 Å². The largest absolute Gasteiger partial charge is 0.481 e. The van der Waals surface area contributed by atoms with Crippen molar-refractivity contribution in [3.05, 3.63) is 86.5 Å². The highest BCUT2D eigenvalue weighted by atomic mass is 35.5. The maximum atomic E-state index is 13.2. The fourth-order valence-electron chi connectivity index (χ4n) is 2.98. The first-order chi connectivity index (χ1) is 15.0. The Kier molecular flexibility index (Phi) is 6.40. The van der Waals surface area contributed by atoms with E-state index in [1.165, 1.54) is 12.1 Å². The van der Waals surface area contributed by atoms with E-state index >= 15 is 0 Å². The van der Waals surface area contributed by atoms with Gasteiger partial charge in [-0.15, -0.1) is 0 Å². The number of aromatic amines is 1. The summed E-state index contributed by atoms with van der Waals surface area (Å²) in [6.07, 6.45) is -5.56. The number of nitrogens with one attached hydrogen (secondary N) is 2. The predicted molar refractivity (Wildman–Crippen MR) is 105 cm³/mol. The minimum Gasteiger partial charge on any atom is -0.481 e. The fourth-order valence-corrected chi connectivity index (χ4v) is 3.35. The van der Waals surface area contributed by atoms with E-state index in [9.17, 15) is 31.9 Å². The number of hydrogen-bond donors (Lipinski definition) is 3. The molecule has 3 rings (SSSR count). The van der Waals surface area contributed by atoms with E-state index in [-0.39, 0.29) is 16.9 Å². The fraction of sp³-hybridized carbons (Fsp3) is 0.150. The summed E-state index contributed by atoms with van der Waals surface area (Å²) >= 11 is 5.87. The van der Waals surface area contributed by atoms with Gasteiger partial charge in [-0.1, -0.05) is 23.7 Å². The first kappa shape index (κ1) is 23.1. The van der Waals surface area contributed by atoms with Gasteiger partial charge in [0.15, 0.2) is 0 Å². The Morgan fingerprint density at radius 3 is 2.41 bits per heavy atom. The highest BCUT2D eigenvalue weighted by molar-refractivity contribution is 6.32. The molecule has 168 valence electrons. The van der Waals surface area contributed by atoms with Crippen LogP contribution in [0.5, 0.6) is 0 Å². The zero-order chi connectivity index (χ0) is 23.6. The third-order valence-electron chi connectivity index (χ3n) is 4.44. The second-order valence-electron chi connectivity index (χ2n) is 6.65. The minimum atomic E-state index is -4.79. The summed E-state index contributed by atoms with van der Waals surface area (Å²) in [7, 11) is 0. The summed E-state index contributed by atoms with van der Waals surface area (Å²) in [5.74, 6) is -2.90. The van der Waals surface area contributed by atoms with Crippen LogP contribution in [0.3, 0.4) is 0 Å². The lowest BCUT2D eigenvalue weighted by atomic mass is 10.0. The molecule has 7 nitrogen and oxygen atoms in total. The number of carbonyl (C=O) groups is 2. The Bertz CT molecular complexity index is 1220. The van der Waals surface area contributed by atoms with Crippen molar-refractivity contribution in [2.24, 2.45) is 0 Å². The number of hydrogen-bond acceptors (Lipinski definition) is 3. The number of aliphatic carboxylic acids is 1. The normalized spacial score (nSPS) is 12.4. The van der Waals surface area contributed by atoms with E-state index in [0.29, 0.717) is 0 Å². The van der Waals surface area contributed by atoms with Gasteiger partial charge < -0.3 is 10.4 Å². The van der Waals surface area contributed by atoms with Crippen LogP contribution in [-0.4, -0.2) is 26.8 Å². The van der Waals surface area contributed by atoms with Crippen LogP contribution in [0.2, 0.25) is 5.02 Å². The van der Waals surface area contributed by atoms with Crippen LogP contribution < -0.4 is 10.9 Å². The summed E-state index contributed by atoms with van der Waals surface area (Å²) in [6, 6.07) is 7.18. The Labute approximate surface area is 182 Å². The molecule has 12 heteroatoms. The van der Waals surface area contributed by atoms with Crippen LogP contribution >= 0.6 is 11.6 Å². The van der Waals surface area contributed by atoms with Gasteiger partial charge in [0.2, 0.25) is 0 Å². The van der Waals surface area contributed by atoms with Gasteiger partial charge in [0.1, 0.15) is 11.5 Å². The first-order valence-corrected chi connectivity index (χ1v) is 9.31. The number of rotatable bonds is 6. The van der Waals surface area contributed by atoms with Crippen molar-refractivity contribution in [1.29, 1.82) is 0 Å². The van der Waals surface area contributed by atoms with Crippen LogP contribution in [0.1, 0.15) is 34.1 Å². The van der Waals surface area contributed by atoms with E-state index < -0.39 is 52.5 Å². The van der Waals surface area contributed by atoms with Crippen LogP contribution in [0.15, 0.2) is 53.3 Å². The topological polar surface area (TPSA) is 104 Å². The Morgan fingerprint density at radius 1 is 1.16 bits per heavy atom. The van der Waals surface area contributed by atoms with Gasteiger partial charge >= 0.3 is 12.1 Å². The summed E-state index contributed by atoms with van der Waals surface area (Å²) < 4.78 is 53.5. The Hall–Kier alpha value is -3.60. The van der Waals surface area contributed by atoms with Gasteiger partial charge in [-0.25, -0.2) is 9.07 Å². The molecule has 0 radical (unpaired) electrons. The van der Waals surface area contributed by atoms with Gasteiger partial charge in [0.05, 0.1) is 28.7 Å². The number of amides is 1.